The number of Topliss-reactive ketones (excluding diaryl/α,β-unsaturated/α-hetero) is 1. The van der Waals surface area contributed by atoms with Gasteiger partial charge in [0.2, 0.25) is 0 Å². The summed E-state index contributed by atoms with van der Waals surface area (Å²) in [6.07, 6.45) is 2.90. The van der Waals surface area contributed by atoms with Crippen molar-refractivity contribution < 1.29 is 14.6 Å². The minimum atomic E-state index is 0.0846. The van der Waals surface area contributed by atoms with E-state index in [-0.39, 0.29) is 6.10 Å². The van der Waals surface area contributed by atoms with Crippen molar-refractivity contribution in [3.05, 3.63) is 35.9 Å². The predicted octanol–water partition coefficient (Wildman–Crippen LogP) is 2.65. The first-order valence-electron chi connectivity index (χ1n) is 5.68. The number of rotatable bonds is 4. The lowest BCUT2D eigenvalue weighted by molar-refractivity contribution is -0.335. The third kappa shape index (κ3) is 3.43. The summed E-state index contributed by atoms with van der Waals surface area (Å²) < 4.78 is 0. The van der Waals surface area contributed by atoms with Gasteiger partial charge in [0, 0.05) is 12.8 Å². The van der Waals surface area contributed by atoms with Crippen molar-refractivity contribution in [2.45, 2.75) is 38.4 Å². The first kappa shape index (κ1) is 11.3. The SMILES string of the molecule is O=C1CCC(OOCc2ccccc2)CC1. The Kier molecular flexibility index (Phi) is 4.08. The molecule has 0 aromatic heterocycles. The molecule has 16 heavy (non-hydrogen) atoms. The smallest absolute Gasteiger partial charge is 0.133 e. The van der Waals surface area contributed by atoms with E-state index in [1.807, 2.05) is 30.3 Å². The molecule has 0 unspecified atom stereocenters. The first-order chi connectivity index (χ1) is 7.84. The van der Waals surface area contributed by atoms with Crippen LogP contribution in [-0.4, -0.2) is 11.9 Å². The highest BCUT2D eigenvalue weighted by Gasteiger charge is 2.19. The van der Waals surface area contributed by atoms with Crippen molar-refractivity contribution in [3.8, 4) is 0 Å². The molecule has 0 N–H and O–H groups in total. The number of carbonyl (C=O) groups excluding carboxylic acids is 1. The van der Waals surface area contributed by atoms with E-state index in [0.29, 0.717) is 25.2 Å². The quantitative estimate of drug-likeness (QED) is 0.578. The van der Waals surface area contributed by atoms with Crippen molar-refractivity contribution in [2.24, 2.45) is 0 Å². The lowest BCUT2D eigenvalue weighted by Crippen LogP contribution is -2.21. The fourth-order valence-corrected chi connectivity index (χ4v) is 1.78. The highest BCUT2D eigenvalue weighted by molar-refractivity contribution is 5.79. The number of ketones is 1. The standard InChI is InChI=1S/C13H16O3/c14-12-6-8-13(9-7-12)16-15-10-11-4-2-1-3-5-11/h1-5,13H,6-10H2. The molecular weight excluding hydrogens is 204 g/mol. The molecule has 1 aliphatic rings. The second kappa shape index (κ2) is 5.77. The van der Waals surface area contributed by atoms with E-state index < -0.39 is 0 Å². The molecule has 0 bridgehead atoms. The topological polar surface area (TPSA) is 35.5 Å². The average molecular weight is 220 g/mol. The molecule has 0 spiro atoms. The van der Waals surface area contributed by atoms with Crippen LogP contribution in [0.1, 0.15) is 31.2 Å². The van der Waals surface area contributed by atoms with Crippen LogP contribution in [0.25, 0.3) is 0 Å². The van der Waals surface area contributed by atoms with Crippen molar-refractivity contribution >= 4 is 5.78 Å². The molecule has 1 saturated carbocycles. The van der Waals surface area contributed by atoms with Crippen LogP contribution in [0.15, 0.2) is 30.3 Å². The Labute approximate surface area is 95.3 Å². The molecule has 0 radical (unpaired) electrons. The van der Waals surface area contributed by atoms with Gasteiger partial charge in [0.15, 0.2) is 0 Å². The molecule has 86 valence electrons. The van der Waals surface area contributed by atoms with Gasteiger partial charge >= 0.3 is 0 Å². The van der Waals surface area contributed by atoms with Crippen LogP contribution in [0, 0.1) is 0 Å². The number of benzene rings is 1. The van der Waals surface area contributed by atoms with E-state index >= 15 is 0 Å². The maximum absolute atomic E-state index is 11.0. The predicted molar refractivity (Wildman–Crippen MR) is 59.6 cm³/mol. The van der Waals surface area contributed by atoms with E-state index in [1.165, 1.54) is 0 Å². The lowest BCUT2D eigenvalue weighted by Gasteiger charge is -2.19. The maximum Gasteiger partial charge on any atom is 0.133 e. The summed E-state index contributed by atoms with van der Waals surface area (Å²) in [4.78, 5) is 21.5. The fraction of sp³-hybridized carbons (Fsp3) is 0.462. The van der Waals surface area contributed by atoms with Crippen LogP contribution in [-0.2, 0) is 21.2 Å². The molecule has 3 heteroatoms. The van der Waals surface area contributed by atoms with Crippen LogP contribution >= 0.6 is 0 Å². The summed E-state index contributed by atoms with van der Waals surface area (Å²) in [5, 5.41) is 0. The van der Waals surface area contributed by atoms with Gasteiger partial charge < -0.3 is 0 Å². The van der Waals surface area contributed by atoms with Gasteiger partial charge in [-0.05, 0) is 18.4 Å². The van der Waals surface area contributed by atoms with Crippen LogP contribution < -0.4 is 0 Å². The average Bonchev–Trinajstić information content (AvgIpc) is 2.33. The van der Waals surface area contributed by atoms with Crippen molar-refractivity contribution in [1.29, 1.82) is 0 Å². The van der Waals surface area contributed by atoms with Crippen LogP contribution in [0.2, 0.25) is 0 Å². The molecule has 0 atom stereocenters. The Hall–Kier alpha value is -1.19. The zero-order valence-corrected chi connectivity index (χ0v) is 9.22. The van der Waals surface area contributed by atoms with Gasteiger partial charge in [-0.15, -0.1) is 0 Å². The van der Waals surface area contributed by atoms with E-state index in [0.717, 1.165) is 18.4 Å². The largest absolute Gasteiger partial charge is 0.300 e. The molecule has 1 fully saturated rings. The molecule has 0 amide bonds. The fourth-order valence-electron chi connectivity index (χ4n) is 1.78. The second-order valence-corrected chi connectivity index (χ2v) is 4.08. The van der Waals surface area contributed by atoms with Gasteiger partial charge in [0.05, 0.1) is 6.10 Å². The highest BCUT2D eigenvalue weighted by Crippen LogP contribution is 2.18. The maximum atomic E-state index is 11.0. The summed E-state index contributed by atoms with van der Waals surface area (Å²) >= 11 is 0. The van der Waals surface area contributed by atoms with Gasteiger partial charge in [-0.2, -0.15) is 0 Å². The van der Waals surface area contributed by atoms with E-state index in [9.17, 15) is 4.79 Å². The molecular formula is C13H16O3. The van der Waals surface area contributed by atoms with Gasteiger partial charge in [0.25, 0.3) is 0 Å². The number of carbonyl (C=O) groups is 1. The monoisotopic (exact) mass is 220 g/mol. The molecule has 0 heterocycles. The normalized spacial score (nSPS) is 17.6. The Morgan fingerprint density at radius 1 is 1.12 bits per heavy atom. The second-order valence-electron chi connectivity index (χ2n) is 4.08. The van der Waals surface area contributed by atoms with Crippen LogP contribution in [0.3, 0.4) is 0 Å². The minimum Gasteiger partial charge on any atom is -0.300 e. The molecule has 3 nitrogen and oxygen atoms in total. The molecule has 1 aromatic carbocycles. The minimum absolute atomic E-state index is 0.0846. The molecule has 0 aliphatic heterocycles. The lowest BCUT2D eigenvalue weighted by atomic mass is 9.97. The van der Waals surface area contributed by atoms with Gasteiger partial charge in [-0.1, -0.05) is 30.3 Å². The third-order valence-corrected chi connectivity index (χ3v) is 2.76. The zero-order valence-electron chi connectivity index (χ0n) is 9.22. The Bertz CT molecular complexity index is 324. The first-order valence-corrected chi connectivity index (χ1v) is 5.68. The summed E-state index contributed by atoms with van der Waals surface area (Å²) in [5.74, 6) is 0.336. The Morgan fingerprint density at radius 3 is 2.50 bits per heavy atom. The molecule has 1 aromatic rings. The van der Waals surface area contributed by atoms with E-state index in [2.05, 4.69) is 0 Å². The highest BCUT2D eigenvalue weighted by atomic mass is 17.2. The summed E-state index contributed by atoms with van der Waals surface area (Å²) in [5.41, 5.74) is 1.09. The molecule has 1 aliphatic carbocycles. The summed E-state index contributed by atoms with van der Waals surface area (Å²) in [7, 11) is 0. The molecule has 2 rings (SSSR count). The summed E-state index contributed by atoms with van der Waals surface area (Å²) in [6, 6.07) is 9.90. The van der Waals surface area contributed by atoms with Gasteiger partial charge in [0.1, 0.15) is 12.4 Å². The molecule has 0 saturated heterocycles. The zero-order chi connectivity index (χ0) is 11.2. The van der Waals surface area contributed by atoms with E-state index in [1.54, 1.807) is 0 Å². The van der Waals surface area contributed by atoms with Crippen LogP contribution in [0.5, 0.6) is 0 Å². The summed E-state index contributed by atoms with van der Waals surface area (Å²) in [6.45, 7) is 0.464. The van der Waals surface area contributed by atoms with Crippen molar-refractivity contribution in [2.75, 3.05) is 0 Å². The Morgan fingerprint density at radius 2 is 1.81 bits per heavy atom. The third-order valence-electron chi connectivity index (χ3n) is 2.76. The van der Waals surface area contributed by atoms with E-state index in [4.69, 9.17) is 9.78 Å². The van der Waals surface area contributed by atoms with Gasteiger partial charge in [-0.3, -0.25) is 4.79 Å². The van der Waals surface area contributed by atoms with Crippen molar-refractivity contribution in [1.82, 2.24) is 0 Å². The van der Waals surface area contributed by atoms with Gasteiger partial charge in [-0.25, -0.2) is 9.78 Å². The number of hydrogen-bond donors (Lipinski definition) is 0. The Balaban J connectivity index is 1.67. The number of hydrogen-bond acceptors (Lipinski definition) is 3. The van der Waals surface area contributed by atoms with Crippen molar-refractivity contribution in [3.63, 3.8) is 0 Å². The van der Waals surface area contributed by atoms with Crippen LogP contribution in [0.4, 0.5) is 0 Å².